The van der Waals surface area contributed by atoms with Gasteiger partial charge in [-0.2, -0.15) is 0 Å². The number of ether oxygens (including phenoxy) is 3. The first-order chi connectivity index (χ1) is 20.4. The molecule has 42 heavy (non-hydrogen) atoms. The van der Waals surface area contributed by atoms with Crippen molar-refractivity contribution in [3.05, 3.63) is 96.6 Å². The van der Waals surface area contributed by atoms with Crippen molar-refractivity contribution in [2.45, 2.75) is 19.8 Å². The van der Waals surface area contributed by atoms with E-state index in [1.165, 1.54) is 4.90 Å². The third-order valence-corrected chi connectivity index (χ3v) is 6.77. The van der Waals surface area contributed by atoms with E-state index >= 15 is 0 Å². The number of carbonyl (C=O) groups is 4. The minimum absolute atomic E-state index is 0.00962. The predicted octanol–water partition coefficient (Wildman–Crippen LogP) is 5.73. The molecule has 1 aliphatic rings. The van der Waals surface area contributed by atoms with Crippen LogP contribution < -0.4 is 15.0 Å². The number of nitrogens with zero attached hydrogens (tertiary/aromatic N) is 1. The first kappa shape index (κ1) is 28.4. The smallest absolute Gasteiger partial charge is 0.338 e. The summed E-state index contributed by atoms with van der Waals surface area (Å²) in [7, 11) is 0. The van der Waals surface area contributed by atoms with Crippen LogP contribution in [0.2, 0.25) is 0 Å². The van der Waals surface area contributed by atoms with Gasteiger partial charge in [-0.1, -0.05) is 43.3 Å². The Kier molecular flexibility index (Phi) is 8.77. The lowest BCUT2D eigenvalue weighted by atomic mass is 10.1. The predicted molar refractivity (Wildman–Crippen MR) is 158 cm³/mol. The topological polar surface area (TPSA) is 111 Å². The van der Waals surface area contributed by atoms with Crippen molar-refractivity contribution in [1.29, 1.82) is 0 Å². The van der Waals surface area contributed by atoms with Crippen LogP contribution in [-0.4, -0.2) is 43.5 Å². The summed E-state index contributed by atoms with van der Waals surface area (Å²) in [5.41, 5.74) is 1.45. The number of fused-ring (bicyclic) bond motifs is 1. The highest BCUT2D eigenvalue weighted by molar-refractivity contribution is 6.00. The molecule has 0 unspecified atom stereocenters. The summed E-state index contributed by atoms with van der Waals surface area (Å²) < 4.78 is 16.4. The molecule has 1 saturated heterocycles. The average molecular weight is 567 g/mol. The molecule has 9 heteroatoms. The number of anilines is 2. The molecule has 1 heterocycles. The Hall–Kier alpha value is -5.18. The maximum absolute atomic E-state index is 12.7. The number of hydrogen-bond donors (Lipinski definition) is 1. The Labute approximate surface area is 243 Å². The summed E-state index contributed by atoms with van der Waals surface area (Å²) in [5.74, 6) is -1.14. The molecule has 9 nitrogen and oxygen atoms in total. The van der Waals surface area contributed by atoms with Gasteiger partial charge in [0.25, 0.3) is 5.91 Å². The molecule has 1 aliphatic heterocycles. The van der Waals surface area contributed by atoms with Crippen LogP contribution in [0.5, 0.6) is 11.5 Å². The van der Waals surface area contributed by atoms with Crippen LogP contribution in [0.25, 0.3) is 10.8 Å². The van der Waals surface area contributed by atoms with Crippen LogP contribution in [0.3, 0.4) is 0 Å². The van der Waals surface area contributed by atoms with Gasteiger partial charge in [0, 0.05) is 29.7 Å². The van der Waals surface area contributed by atoms with Crippen molar-refractivity contribution in [2.75, 3.05) is 30.0 Å². The van der Waals surface area contributed by atoms with E-state index in [0.717, 1.165) is 22.9 Å². The zero-order valence-corrected chi connectivity index (χ0v) is 23.1. The standard InChI is InChI=1S/C33H30N2O7/c1-2-18-40-32(38)23-10-12-25(13-11-23)34-30(36)21-41-33(39)24-19-31(37)35(20-24)26-14-16-27(17-15-26)42-29-9-5-7-22-6-3-4-8-28(22)29/h3-17,24H,2,18-21H2,1H3,(H,34,36)/t24-/m0/s1. The fourth-order valence-corrected chi connectivity index (χ4v) is 4.64. The molecule has 0 spiro atoms. The fourth-order valence-electron chi connectivity index (χ4n) is 4.64. The molecule has 1 N–H and O–H groups in total. The molecule has 0 bridgehead atoms. The lowest BCUT2D eigenvalue weighted by molar-refractivity contribution is -0.151. The van der Waals surface area contributed by atoms with E-state index in [2.05, 4.69) is 5.32 Å². The summed E-state index contributed by atoms with van der Waals surface area (Å²) in [6.45, 7) is 1.89. The van der Waals surface area contributed by atoms with Crippen LogP contribution in [0.1, 0.15) is 30.1 Å². The van der Waals surface area contributed by atoms with Crippen LogP contribution in [-0.2, 0) is 23.9 Å². The van der Waals surface area contributed by atoms with Crippen molar-refractivity contribution in [1.82, 2.24) is 0 Å². The van der Waals surface area contributed by atoms with Gasteiger partial charge in [0.15, 0.2) is 6.61 Å². The number of rotatable bonds is 10. The number of benzene rings is 4. The van der Waals surface area contributed by atoms with Gasteiger partial charge in [0.1, 0.15) is 11.5 Å². The van der Waals surface area contributed by atoms with Gasteiger partial charge in [-0.3, -0.25) is 14.4 Å². The van der Waals surface area contributed by atoms with Gasteiger partial charge in [-0.15, -0.1) is 0 Å². The fraction of sp³-hybridized carbons (Fsp3) is 0.212. The third-order valence-electron chi connectivity index (χ3n) is 6.77. The van der Waals surface area contributed by atoms with Crippen LogP contribution in [0, 0.1) is 5.92 Å². The normalized spacial score (nSPS) is 14.5. The molecule has 5 rings (SSSR count). The summed E-state index contributed by atoms with van der Waals surface area (Å²) in [6, 6.07) is 27.1. The van der Waals surface area contributed by atoms with E-state index in [4.69, 9.17) is 14.2 Å². The lowest BCUT2D eigenvalue weighted by Crippen LogP contribution is -2.28. The third kappa shape index (κ3) is 6.75. The molecule has 0 saturated carbocycles. The first-order valence-corrected chi connectivity index (χ1v) is 13.7. The van der Waals surface area contributed by atoms with Crippen molar-refractivity contribution in [2.24, 2.45) is 5.92 Å². The maximum Gasteiger partial charge on any atom is 0.338 e. The SMILES string of the molecule is CCCOC(=O)c1ccc(NC(=O)COC(=O)[C@H]2CC(=O)N(c3ccc(Oc4cccc5ccccc45)cc3)C2)cc1. The lowest BCUT2D eigenvalue weighted by Gasteiger charge is -2.17. The summed E-state index contributed by atoms with van der Waals surface area (Å²) in [6.07, 6.45) is 0.714. The summed E-state index contributed by atoms with van der Waals surface area (Å²) in [4.78, 5) is 51.1. The average Bonchev–Trinajstić information content (AvgIpc) is 3.41. The highest BCUT2D eigenvalue weighted by Crippen LogP contribution is 2.32. The van der Waals surface area contributed by atoms with Gasteiger partial charge in [-0.25, -0.2) is 4.79 Å². The summed E-state index contributed by atoms with van der Waals surface area (Å²) >= 11 is 0. The first-order valence-electron chi connectivity index (χ1n) is 13.7. The molecule has 4 aromatic carbocycles. The van der Waals surface area contributed by atoms with E-state index in [-0.39, 0.29) is 18.9 Å². The molecular weight excluding hydrogens is 536 g/mol. The molecule has 0 radical (unpaired) electrons. The van der Waals surface area contributed by atoms with E-state index in [1.54, 1.807) is 48.5 Å². The summed E-state index contributed by atoms with van der Waals surface area (Å²) in [5, 5.41) is 4.69. The van der Waals surface area contributed by atoms with E-state index in [1.807, 2.05) is 49.4 Å². The maximum atomic E-state index is 12.7. The van der Waals surface area contributed by atoms with Gasteiger partial charge in [0.05, 0.1) is 18.1 Å². The zero-order valence-electron chi connectivity index (χ0n) is 23.1. The van der Waals surface area contributed by atoms with Crippen molar-refractivity contribution in [3.63, 3.8) is 0 Å². The Morgan fingerprint density at radius 3 is 2.38 bits per heavy atom. The van der Waals surface area contributed by atoms with E-state index in [9.17, 15) is 19.2 Å². The Balaban J connectivity index is 1.11. The Morgan fingerprint density at radius 1 is 0.881 bits per heavy atom. The van der Waals surface area contributed by atoms with Gasteiger partial charge in [0.2, 0.25) is 5.91 Å². The van der Waals surface area contributed by atoms with Crippen LogP contribution in [0.15, 0.2) is 91.0 Å². The van der Waals surface area contributed by atoms with Crippen LogP contribution >= 0.6 is 0 Å². The monoisotopic (exact) mass is 566 g/mol. The molecule has 0 aromatic heterocycles. The van der Waals surface area contributed by atoms with Gasteiger partial charge in [-0.05, 0) is 66.4 Å². The second kappa shape index (κ2) is 13.0. The molecular formula is C33H30N2O7. The van der Waals surface area contributed by atoms with Crippen molar-refractivity contribution >= 4 is 45.9 Å². The van der Waals surface area contributed by atoms with E-state index in [0.29, 0.717) is 29.3 Å². The van der Waals surface area contributed by atoms with Crippen molar-refractivity contribution in [3.8, 4) is 11.5 Å². The highest BCUT2D eigenvalue weighted by atomic mass is 16.5. The second-order valence-corrected chi connectivity index (χ2v) is 9.85. The highest BCUT2D eigenvalue weighted by Gasteiger charge is 2.36. The van der Waals surface area contributed by atoms with Gasteiger partial charge < -0.3 is 24.4 Å². The minimum Gasteiger partial charge on any atom is -0.462 e. The molecule has 4 aromatic rings. The quantitative estimate of drug-likeness (QED) is 0.244. The number of nitrogens with one attached hydrogen (secondary N) is 1. The molecule has 2 amide bonds. The Bertz CT molecular complexity index is 1590. The molecule has 1 fully saturated rings. The van der Waals surface area contributed by atoms with Crippen molar-refractivity contribution < 1.29 is 33.4 Å². The molecule has 0 aliphatic carbocycles. The van der Waals surface area contributed by atoms with Crippen LogP contribution in [0.4, 0.5) is 11.4 Å². The number of hydrogen-bond acceptors (Lipinski definition) is 7. The number of esters is 2. The zero-order chi connectivity index (χ0) is 29.5. The second-order valence-electron chi connectivity index (χ2n) is 9.85. The van der Waals surface area contributed by atoms with E-state index < -0.39 is 30.4 Å². The largest absolute Gasteiger partial charge is 0.462 e. The van der Waals surface area contributed by atoms with Gasteiger partial charge >= 0.3 is 11.9 Å². The Morgan fingerprint density at radius 2 is 1.62 bits per heavy atom. The number of carbonyl (C=O) groups excluding carboxylic acids is 4. The number of amides is 2. The minimum atomic E-state index is -0.690. The molecule has 214 valence electrons. The molecule has 1 atom stereocenters.